The highest BCUT2D eigenvalue weighted by Crippen LogP contribution is 2.29. The fraction of sp³-hybridized carbons (Fsp3) is 0.316. The first-order chi connectivity index (χ1) is 12.3. The van der Waals surface area contributed by atoms with E-state index >= 15 is 0 Å². The monoisotopic (exact) mass is 374 g/mol. The summed E-state index contributed by atoms with van der Waals surface area (Å²) >= 11 is 0. The van der Waals surface area contributed by atoms with Gasteiger partial charge in [-0.1, -0.05) is 6.07 Å². The van der Waals surface area contributed by atoms with Crippen molar-refractivity contribution in [3.05, 3.63) is 53.1 Å². The van der Waals surface area contributed by atoms with Gasteiger partial charge in [0.05, 0.1) is 11.3 Å². The number of carbonyl (C=O) groups excluding carboxylic acids is 1. The van der Waals surface area contributed by atoms with Gasteiger partial charge in [-0.2, -0.15) is 0 Å². The van der Waals surface area contributed by atoms with Gasteiger partial charge in [0.25, 0.3) is 0 Å². The molecule has 1 amide bonds. The highest BCUT2D eigenvalue weighted by atomic mass is 32.2. The van der Waals surface area contributed by atoms with Gasteiger partial charge in [0.2, 0.25) is 15.9 Å². The quantitative estimate of drug-likeness (QED) is 0.787. The summed E-state index contributed by atoms with van der Waals surface area (Å²) in [6.07, 6.45) is 0.227. The summed E-state index contributed by atoms with van der Waals surface area (Å²) < 4.78 is 33.1. The second kappa shape index (κ2) is 7.09. The fourth-order valence-electron chi connectivity index (χ4n) is 3.06. The molecule has 1 aliphatic heterocycles. The molecule has 0 radical (unpaired) electrons. The summed E-state index contributed by atoms with van der Waals surface area (Å²) in [5.74, 6) is 0.685. The Morgan fingerprint density at radius 3 is 2.50 bits per heavy atom. The Bertz CT molecular complexity index is 934. The Morgan fingerprint density at radius 2 is 1.81 bits per heavy atom. The van der Waals surface area contributed by atoms with Crippen LogP contribution in [0.4, 0.5) is 5.69 Å². The molecule has 3 rings (SSSR count). The van der Waals surface area contributed by atoms with E-state index in [-0.39, 0.29) is 30.4 Å². The number of amides is 1. The van der Waals surface area contributed by atoms with Crippen molar-refractivity contribution in [2.24, 2.45) is 0 Å². The average molecular weight is 374 g/mol. The van der Waals surface area contributed by atoms with Crippen LogP contribution in [-0.4, -0.2) is 34.5 Å². The fourth-order valence-corrected chi connectivity index (χ4v) is 4.12. The molecule has 6 nitrogen and oxygen atoms in total. The molecule has 0 bridgehead atoms. The van der Waals surface area contributed by atoms with E-state index in [2.05, 4.69) is 4.72 Å². The van der Waals surface area contributed by atoms with E-state index in [0.29, 0.717) is 0 Å². The van der Waals surface area contributed by atoms with Crippen molar-refractivity contribution in [2.45, 2.75) is 25.2 Å². The second-order valence-corrected chi connectivity index (χ2v) is 8.26. The first-order valence-electron chi connectivity index (χ1n) is 8.36. The highest BCUT2D eigenvalue weighted by Gasteiger charge is 2.26. The van der Waals surface area contributed by atoms with Gasteiger partial charge in [0.15, 0.2) is 0 Å². The number of benzene rings is 2. The average Bonchev–Trinajstić information content (AvgIpc) is 2.85. The van der Waals surface area contributed by atoms with Gasteiger partial charge in [-0.3, -0.25) is 4.79 Å². The van der Waals surface area contributed by atoms with Crippen molar-refractivity contribution in [1.29, 1.82) is 0 Å². The molecular weight excluding hydrogens is 352 g/mol. The van der Waals surface area contributed by atoms with E-state index in [1.165, 1.54) is 11.0 Å². The minimum Gasteiger partial charge on any atom is -0.492 e. The van der Waals surface area contributed by atoms with Crippen LogP contribution in [0, 0.1) is 13.8 Å². The van der Waals surface area contributed by atoms with Crippen molar-refractivity contribution in [3.63, 3.8) is 0 Å². The minimum atomic E-state index is -3.65. The number of ether oxygens (including phenoxy) is 1. The van der Waals surface area contributed by atoms with Gasteiger partial charge < -0.3 is 9.64 Å². The van der Waals surface area contributed by atoms with Crippen molar-refractivity contribution in [2.75, 3.05) is 25.1 Å². The van der Waals surface area contributed by atoms with E-state index in [1.54, 1.807) is 19.2 Å². The second-order valence-electron chi connectivity index (χ2n) is 6.49. The predicted molar refractivity (Wildman–Crippen MR) is 100 cm³/mol. The van der Waals surface area contributed by atoms with Crippen LogP contribution in [0.15, 0.2) is 41.3 Å². The van der Waals surface area contributed by atoms with E-state index in [4.69, 9.17) is 4.74 Å². The minimum absolute atomic E-state index is 0.0376. The molecular formula is C19H22N2O4S. The number of aryl methyl sites for hydroxylation is 2. The Balaban J connectivity index is 1.61. The third kappa shape index (κ3) is 3.89. The van der Waals surface area contributed by atoms with Crippen molar-refractivity contribution in [1.82, 2.24) is 4.72 Å². The molecule has 26 heavy (non-hydrogen) atoms. The highest BCUT2D eigenvalue weighted by molar-refractivity contribution is 7.89. The normalized spacial score (nSPS) is 13.8. The number of hydrogen-bond acceptors (Lipinski definition) is 4. The Labute approximate surface area is 153 Å². The third-order valence-electron chi connectivity index (χ3n) is 4.30. The third-order valence-corrected chi connectivity index (χ3v) is 5.76. The van der Waals surface area contributed by atoms with E-state index in [9.17, 15) is 13.2 Å². The summed E-state index contributed by atoms with van der Waals surface area (Å²) in [6.45, 7) is 4.36. The molecule has 7 heteroatoms. The number of rotatable bonds is 6. The van der Waals surface area contributed by atoms with Crippen LogP contribution in [0.25, 0.3) is 0 Å². The molecule has 0 unspecified atom stereocenters. The number of sulfonamides is 1. The maximum absolute atomic E-state index is 12.4. The van der Waals surface area contributed by atoms with Gasteiger partial charge in [-0.15, -0.1) is 0 Å². The summed E-state index contributed by atoms with van der Waals surface area (Å²) in [4.78, 5) is 13.4. The lowest BCUT2D eigenvalue weighted by atomic mass is 10.1. The number of hydrogen-bond donors (Lipinski definition) is 1. The van der Waals surface area contributed by atoms with E-state index < -0.39 is 10.0 Å². The van der Waals surface area contributed by atoms with Crippen LogP contribution in [0.1, 0.15) is 16.7 Å². The Hall–Kier alpha value is -2.38. The van der Waals surface area contributed by atoms with Gasteiger partial charge >= 0.3 is 0 Å². The number of carbonyl (C=O) groups is 1. The zero-order valence-corrected chi connectivity index (χ0v) is 15.9. The number of fused-ring (bicyclic) bond motifs is 1. The molecule has 0 saturated carbocycles. The lowest BCUT2D eigenvalue weighted by Gasteiger charge is -2.12. The molecule has 0 aliphatic carbocycles. The molecule has 0 aromatic heterocycles. The number of likely N-dealkylation sites (N-methyl/N-ethyl adjacent to an activating group) is 1. The molecule has 1 heterocycles. The molecule has 2 aromatic carbocycles. The molecule has 0 atom stereocenters. The molecule has 138 valence electrons. The van der Waals surface area contributed by atoms with Gasteiger partial charge in [-0.05, 0) is 60.9 Å². The zero-order valence-electron chi connectivity index (χ0n) is 15.1. The maximum atomic E-state index is 12.4. The largest absolute Gasteiger partial charge is 0.492 e. The Morgan fingerprint density at radius 1 is 1.12 bits per heavy atom. The van der Waals surface area contributed by atoms with E-state index in [0.717, 1.165) is 28.1 Å². The molecule has 0 spiro atoms. The van der Waals surface area contributed by atoms with Gasteiger partial charge in [0, 0.05) is 19.3 Å². The van der Waals surface area contributed by atoms with Crippen LogP contribution in [0.5, 0.6) is 5.75 Å². The van der Waals surface area contributed by atoms with Gasteiger partial charge in [-0.25, -0.2) is 13.1 Å². The molecule has 0 fully saturated rings. The zero-order chi connectivity index (χ0) is 18.9. The van der Waals surface area contributed by atoms with Crippen molar-refractivity contribution in [3.8, 4) is 5.75 Å². The maximum Gasteiger partial charge on any atom is 0.240 e. The van der Waals surface area contributed by atoms with Crippen molar-refractivity contribution >= 4 is 21.6 Å². The SMILES string of the molecule is Cc1cc(C)cc(OCCNS(=O)(=O)c2ccc3c(c2)CC(=O)N3C)c1. The standard InChI is InChI=1S/C19H22N2O4S/c1-13-8-14(2)10-16(9-13)25-7-6-20-26(23,24)17-4-5-18-15(11-17)12-19(22)21(18)3/h4-5,8-11,20H,6-7,12H2,1-3H3. The summed E-state index contributed by atoms with van der Waals surface area (Å²) in [5, 5.41) is 0. The lowest BCUT2D eigenvalue weighted by molar-refractivity contribution is -0.117. The van der Waals surface area contributed by atoms with E-state index in [1.807, 2.05) is 32.0 Å². The first kappa shape index (κ1) is 18.4. The number of nitrogens with one attached hydrogen (secondary N) is 1. The summed E-state index contributed by atoms with van der Waals surface area (Å²) in [6, 6.07) is 10.6. The van der Waals surface area contributed by atoms with Crippen LogP contribution in [-0.2, 0) is 21.2 Å². The molecule has 1 N–H and O–H groups in total. The summed E-state index contributed by atoms with van der Waals surface area (Å²) in [7, 11) is -1.96. The lowest BCUT2D eigenvalue weighted by Crippen LogP contribution is -2.28. The topological polar surface area (TPSA) is 75.7 Å². The molecule has 2 aromatic rings. The number of anilines is 1. The first-order valence-corrected chi connectivity index (χ1v) is 9.85. The number of nitrogens with zero attached hydrogens (tertiary/aromatic N) is 1. The Kier molecular flexibility index (Phi) is 5.02. The van der Waals surface area contributed by atoms with Crippen LogP contribution >= 0.6 is 0 Å². The van der Waals surface area contributed by atoms with Gasteiger partial charge in [0.1, 0.15) is 12.4 Å². The smallest absolute Gasteiger partial charge is 0.240 e. The summed E-state index contributed by atoms with van der Waals surface area (Å²) in [5.41, 5.74) is 3.68. The predicted octanol–water partition coefficient (Wildman–Crippen LogP) is 2.18. The van der Waals surface area contributed by atoms with Crippen molar-refractivity contribution < 1.29 is 17.9 Å². The van der Waals surface area contributed by atoms with Crippen LogP contribution in [0.2, 0.25) is 0 Å². The molecule has 1 aliphatic rings. The van der Waals surface area contributed by atoms with Crippen LogP contribution < -0.4 is 14.4 Å². The van der Waals surface area contributed by atoms with Crippen LogP contribution in [0.3, 0.4) is 0 Å². The molecule has 0 saturated heterocycles.